The van der Waals surface area contributed by atoms with Gasteiger partial charge in [-0.2, -0.15) is 0 Å². The first kappa shape index (κ1) is 16.2. The molecule has 2 aromatic carbocycles. The molecule has 5 heteroatoms. The molecule has 0 radical (unpaired) electrons. The predicted octanol–water partition coefficient (Wildman–Crippen LogP) is 2.70. The molecular formula is C19H19FN2O2. The molecule has 0 saturated heterocycles. The predicted molar refractivity (Wildman–Crippen MR) is 89.0 cm³/mol. The van der Waals surface area contributed by atoms with Crippen LogP contribution >= 0.6 is 0 Å². The molecule has 2 amide bonds. The van der Waals surface area contributed by atoms with Gasteiger partial charge < -0.3 is 10.2 Å². The van der Waals surface area contributed by atoms with Gasteiger partial charge in [-0.1, -0.05) is 30.3 Å². The number of carbonyl (C=O) groups excluding carboxylic acids is 2. The van der Waals surface area contributed by atoms with E-state index in [1.54, 1.807) is 11.9 Å². The highest BCUT2D eigenvalue weighted by molar-refractivity contribution is 5.96. The van der Waals surface area contributed by atoms with Gasteiger partial charge in [0.2, 0.25) is 5.91 Å². The van der Waals surface area contributed by atoms with Crippen LogP contribution in [0.5, 0.6) is 0 Å². The number of nitrogens with one attached hydrogen (secondary N) is 1. The molecule has 24 heavy (non-hydrogen) atoms. The first-order valence-corrected chi connectivity index (χ1v) is 7.93. The van der Waals surface area contributed by atoms with Crippen molar-refractivity contribution in [3.63, 3.8) is 0 Å². The number of likely N-dealkylation sites (N-methyl/N-ethyl adjacent to an activating group) is 1. The second-order valence-corrected chi connectivity index (χ2v) is 5.95. The average molecular weight is 326 g/mol. The number of fused-ring (bicyclic) bond motifs is 1. The molecule has 1 atom stereocenters. The summed E-state index contributed by atoms with van der Waals surface area (Å²) in [5, 5.41) is 2.56. The largest absolute Gasteiger partial charge is 0.343 e. The number of aryl methyl sites for hydroxylation is 1. The minimum atomic E-state index is -0.478. The molecule has 1 aliphatic rings. The summed E-state index contributed by atoms with van der Waals surface area (Å²) < 4.78 is 13.1. The Bertz CT molecular complexity index is 775. The number of rotatable bonds is 4. The Morgan fingerprint density at radius 1 is 1.21 bits per heavy atom. The number of nitrogens with zero attached hydrogens (tertiary/aromatic N) is 1. The normalized spacial score (nSPS) is 15.7. The summed E-state index contributed by atoms with van der Waals surface area (Å²) in [6.07, 6.45) is 1.84. The highest BCUT2D eigenvalue weighted by Gasteiger charge is 2.28. The fraction of sp³-hybridized carbons (Fsp3) is 0.263. The molecule has 0 saturated carbocycles. The van der Waals surface area contributed by atoms with Crippen molar-refractivity contribution in [1.82, 2.24) is 10.2 Å². The van der Waals surface area contributed by atoms with E-state index in [-0.39, 0.29) is 24.1 Å². The van der Waals surface area contributed by atoms with Crippen LogP contribution < -0.4 is 5.32 Å². The van der Waals surface area contributed by atoms with Gasteiger partial charge in [0.1, 0.15) is 5.82 Å². The lowest BCUT2D eigenvalue weighted by Gasteiger charge is -2.25. The standard InChI is InChI=1S/C19H19FN2O2/c1-22(17-10-9-13-5-2-3-8-16(13)17)18(23)12-21-19(24)14-6-4-7-15(20)11-14/h2-8,11,17H,9-10,12H2,1H3,(H,21,24)/t17-/m0/s1. The maximum Gasteiger partial charge on any atom is 0.251 e. The van der Waals surface area contributed by atoms with E-state index in [2.05, 4.69) is 11.4 Å². The molecule has 0 unspecified atom stereocenters. The van der Waals surface area contributed by atoms with Gasteiger partial charge in [-0.15, -0.1) is 0 Å². The molecule has 0 bridgehead atoms. The zero-order valence-corrected chi connectivity index (χ0v) is 13.5. The molecule has 0 aromatic heterocycles. The van der Waals surface area contributed by atoms with E-state index in [9.17, 15) is 14.0 Å². The van der Waals surface area contributed by atoms with E-state index in [4.69, 9.17) is 0 Å². The van der Waals surface area contributed by atoms with Crippen molar-refractivity contribution in [2.75, 3.05) is 13.6 Å². The Morgan fingerprint density at radius 3 is 2.79 bits per heavy atom. The highest BCUT2D eigenvalue weighted by atomic mass is 19.1. The number of hydrogen-bond donors (Lipinski definition) is 1. The molecule has 1 aliphatic carbocycles. The lowest BCUT2D eigenvalue weighted by molar-refractivity contribution is -0.131. The van der Waals surface area contributed by atoms with Crippen LogP contribution in [0.3, 0.4) is 0 Å². The van der Waals surface area contributed by atoms with Crippen LogP contribution in [0.1, 0.15) is 33.9 Å². The second-order valence-electron chi connectivity index (χ2n) is 5.95. The molecule has 124 valence electrons. The topological polar surface area (TPSA) is 49.4 Å². The lowest BCUT2D eigenvalue weighted by Crippen LogP contribution is -2.39. The lowest BCUT2D eigenvalue weighted by atomic mass is 10.1. The molecule has 4 nitrogen and oxygen atoms in total. The quantitative estimate of drug-likeness (QED) is 0.939. The smallest absolute Gasteiger partial charge is 0.251 e. The van der Waals surface area contributed by atoms with Gasteiger partial charge in [0.05, 0.1) is 12.6 Å². The monoisotopic (exact) mass is 326 g/mol. The van der Waals surface area contributed by atoms with Gasteiger partial charge in [0.15, 0.2) is 0 Å². The van der Waals surface area contributed by atoms with E-state index >= 15 is 0 Å². The number of halogens is 1. The molecule has 2 aromatic rings. The van der Waals surface area contributed by atoms with Gasteiger partial charge >= 0.3 is 0 Å². The first-order valence-electron chi connectivity index (χ1n) is 7.93. The molecule has 0 fully saturated rings. The number of carbonyl (C=O) groups is 2. The summed E-state index contributed by atoms with van der Waals surface area (Å²) in [7, 11) is 1.75. The summed E-state index contributed by atoms with van der Waals surface area (Å²) in [5.74, 6) is -1.10. The van der Waals surface area contributed by atoms with Crippen LogP contribution in [-0.4, -0.2) is 30.3 Å². The van der Waals surface area contributed by atoms with E-state index in [0.29, 0.717) is 0 Å². The fourth-order valence-corrected chi connectivity index (χ4v) is 3.12. The van der Waals surface area contributed by atoms with Crippen molar-refractivity contribution >= 4 is 11.8 Å². The second kappa shape index (κ2) is 6.83. The third kappa shape index (κ3) is 3.30. The zero-order chi connectivity index (χ0) is 17.1. The van der Waals surface area contributed by atoms with Crippen LogP contribution in [0.4, 0.5) is 4.39 Å². The van der Waals surface area contributed by atoms with Crippen LogP contribution in [0.25, 0.3) is 0 Å². The Morgan fingerprint density at radius 2 is 2.00 bits per heavy atom. The molecule has 3 rings (SSSR count). The first-order chi connectivity index (χ1) is 11.6. The Hall–Kier alpha value is -2.69. The van der Waals surface area contributed by atoms with Gasteiger partial charge in [0.25, 0.3) is 5.91 Å². The SMILES string of the molecule is CN(C(=O)CNC(=O)c1cccc(F)c1)[C@H]1CCc2ccccc21. The number of amides is 2. The summed E-state index contributed by atoms with van der Waals surface area (Å²) in [4.78, 5) is 26.1. The average Bonchev–Trinajstić information content (AvgIpc) is 3.02. The minimum Gasteiger partial charge on any atom is -0.343 e. The van der Waals surface area contributed by atoms with Crippen molar-refractivity contribution in [1.29, 1.82) is 0 Å². The van der Waals surface area contributed by atoms with E-state index in [0.717, 1.165) is 18.9 Å². The van der Waals surface area contributed by atoms with Gasteiger partial charge in [0, 0.05) is 12.6 Å². The molecule has 0 spiro atoms. The molecule has 1 N–H and O–H groups in total. The van der Waals surface area contributed by atoms with Crippen molar-refractivity contribution in [2.45, 2.75) is 18.9 Å². The van der Waals surface area contributed by atoms with E-state index in [1.165, 1.54) is 29.3 Å². The fourth-order valence-electron chi connectivity index (χ4n) is 3.12. The minimum absolute atomic E-state index is 0.0415. The van der Waals surface area contributed by atoms with Crippen LogP contribution in [-0.2, 0) is 11.2 Å². The molecular weight excluding hydrogens is 307 g/mol. The molecule has 0 heterocycles. The zero-order valence-electron chi connectivity index (χ0n) is 13.5. The van der Waals surface area contributed by atoms with Crippen LogP contribution in [0.2, 0.25) is 0 Å². The van der Waals surface area contributed by atoms with Gasteiger partial charge in [-0.05, 0) is 42.2 Å². The Labute approximate surface area is 140 Å². The third-order valence-electron chi connectivity index (χ3n) is 4.45. The van der Waals surface area contributed by atoms with E-state index < -0.39 is 11.7 Å². The van der Waals surface area contributed by atoms with Crippen molar-refractivity contribution in [2.24, 2.45) is 0 Å². The maximum atomic E-state index is 13.1. The summed E-state index contributed by atoms with van der Waals surface area (Å²) in [6, 6.07) is 13.5. The van der Waals surface area contributed by atoms with Gasteiger partial charge in [-0.3, -0.25) is 9.59 Å². The van der Waals surface area contributed by atoms with Crippen LogP contribution in [0, 0.1) is 5.82 Å². The summed E-state index contributed by atoms with van der Waals surface area (Å²) >= 11 is 0. The van der Waals surface area contributed by atoms with E-state index in [1.807, 2.05) is 18.2 Å². The Balaban J connectivity index is 1.60. The number of benzene rings is 2. The van der Waals surface area contributed by atoms with Crippen molar-refractivity contribution < 1.29 is 14.0 Å². The summed E-state index contributed by atoms with van der Waals surface area (Å²) in [5.41, 5.74) is 2.65. The van der Waals surface area contributed by atoms with Gasteiger partial charge in [-0.25, -0.2) is 4.39 Å². The van der Waals surface area contributed by atoms with Crippen LogP contribution in [0.15, 0.2) is 48.5 Å². The highest BCUT2D eigenvalue weighted by Crippen LogP contribution is 2.34. The van der Waals surface area contributed by atoms with Crippen molar-refractivity contribution in [3.05, 3.63) is 71.0 Å². The summed E-state index contributed by atoms with van der Waals surface area (Å²) in [6.45, 7) is -0.107. The maximum absolute atomic E-state index is 13.1. The number of hydrogen-bond acceptors (Lipinski definition) is 2. The molecule has 0 aliphatic heterocycles. The van der Waals surface area contributed by atoms with Crippen molar-refractivity contribution in [3.8, 4) is 0 Å². The Kier molecular flexibility index (Phi) is 4.60. The third-order valence-corrected chi connectivity index (χ3v) is 4.45.